The molecule has 0 unspecified atom stereocenters. The smallest absolute Gasteiger partial charge is 0.259 e. The normalized spacial score (nSPS) is 10.9. The van der Waals surface area contributed by atoms with Crippen LogP contribution in [0, 0.1) is 11.6 Å². The van der Waals surface area contributed by atoms with Gasteiger partial charge < -0.3 is 9.72 Å². The van der Waals surface area contributed by atoms with Gasteiger partial charge in [0.15, 0.2) is 11.6 Å². The molecule has 1 N–H and O–H groups in total. The summed E-state index contributed by atoms with van der Waals surface area (Å²) in [6, 6.07) is 8.54. The molecule has 0 amide bonds. The Morgan fingerprint density at radius 1 is 1.23 bits per heavy atom. The fourth-order valence-corrected chi connectivity index (χ4v) is 2.24. The first kappa shape index (κ1) is 14.2. The van der Waals surface area contributed by atoms with Crippen LogP contribution in [0.1, 0.15) is 6.92 Å². The molecule has 6 heteroatoms. The van der Waals surface area contributed by atoms with Gasteiger partial charge in [-0.1, -0.05) is 12.1 Å². The molecule has 0 atom stereocenters. The van der Waals surface area contributed by atoms with Crippen LogP contribution in [0.15, 0.2) is 41.2 Å². The summed E-state index contributed by atoms with van der Waals surface area (Å²) < 4.78 is 32.7. The third-order valence-corrected chi connectivity index (χ3v) is 3.17. The zero-order valence-electron chi connectivity index (χ0n) is 11.7. The largest absolute Gasteiger partial charge is 0.490 e. The number of benzene rings is 2. The molecule has 22 heavy (non-hydrogen) atoms. The predicted octanol–water partition coefficient (Wildman–Crippen LogP) is 3.27. The van der Waals surface area contributed by atoms with Crippen molar-refractivity contribution >= 4 is 10.9 Å². The number of ether oxygens (including phenoxy) is 1. The fraction of sp³-hybridized carbons (Fsp3) is 0.125. The summed E-state index contributed by atoms with van der Waals surface area (Å²) in [6.45, 7) is 1.89. The number of hydrogen-bond acceptors (Lipinski definition) is 3. The van der Waals surface area contributed by atoms with Crippen molar-refractivity contribution in [3.05, 3.63) is 58.4 Å². The summed E-state index contributed by atoms with van der Waals surface area (Å²) in [6.07, 6.45) is 0. The van der Waals surface area contributed by atoms with Gasteiger partial charge in [-0.15, -0.1) is 0 Å². The van der Waals surface area contributed by atoms with Crippen LogP contribution in [0.25, 0.3) is 22.3 Å². The highest BCUT2D eigenvalue weighted by atomic mass is 19.1. The fourth-order valence-electron chi connectivity index (χ4n) is 2.24. The van der Waals surface area contributed by atoms with E-state index in [9.17, 15) is 13.6 Å². The summed E-state index contributed by atoms with van der Waals surface area (Å²) >= 11 is 0. The van der Waals surface area contributed by atoms with Crippen molar-refractivity contribution in [3.63, 3.8) is 0 Å². The molecule has 0 saturated carbocycles. The number of fused-ring (bicyclic) bond motifs is 1. The van der Waals surface area contributed by atoms with Crippen LogP contribution in [0.4, 0.5) is 8.78 Å². The second-order valence-corrected chi connectivity index (χ2v) is 4.63. The highest BCUT2D eigenvalue weighted by molar-refractivity contribution is 5.80. The molecule has 1 aromatic heterocycles. The number of hydrogen-bond donors (Lipinski definition) is 1. The number of nitrogens with zero attached hydrogens (tertiary/aromatic N) is 1. The van der Waals surface area contributed by atoms with E-state index in [2.05, 4.69) is 9.97 Å². The Balaban J connectivity index is 2.29. The van der Waals surface area contributed by atoms with Crippen LogP contribution < -0.4 is 10.3 Å². The minimum absolute atomic E-state index is 0.0607. The lowest BCUT2D eigenvalue weighted by Crippen LogP contribution is -2.10. The Morgan fingerprint density at radius 3 is 2.77 bits per heavy atom. The van der Waals surface area contributed by atoms with E-state index >= 15 is 0 Å². The van der Waals surface area contributed by atoms with Gasteiger partial charge in [-0.25, -0.2) is 13.8 Å². The number of rotatable bonds is 3. The molecule has 4 nitrogen and oxygen atoms in total. The monoisotopic (exact) mass is 302 g/mol. The lowest BCUT2D eigenvalue weighted by atomic mass is 10.1. The summed E-state index contributed by atoms with van der Waals surface area (Å²) in [5.74, 6) is -1.69. The standard InChI is InChI=1S/C16H12F2N2O2/c1-2-22-14-11(7-9(17)8-12(14)18)15-19-13-6-4-3-5-10(13)16(21)20-15/h3-8H,2H2,1H3,(H,19,20,21). The molecule has 3 rings (SSSR count). The third-order valence-electron chi connectivity index (χ3n) is 3.17. The number of halogens is 2. The second kappa shape index (κ2) is 5.55. The van der Waals surface area contributed by atoms with Crippen LogP contribution in [-0.2, 0) is 0 Å². The summed E-state index contributed by atoms with van der Waals surface area (Å²) in [5, 5.41) is 0.404. The molecule has 2 aromatic carbocycles. The molecule has 0 fully saturated rings. The first-order valence-corrected chi connectivity index (χ1v) is 6.71. The van der Waals surface area contributed by atoms with Crippen molar-refractivity contribution < 1.29 is 13.5 Å². The molecular formula is C16H12F2N2O2. The number of aromatic amines is 1. The number of para-hydroxylation sites is 1. The van der Waals surface area contributed by atoms with Gasteiger partial charge in [0.1, 0.15) is 11.6 Å². The van der Waals surface area contributed by atoms with Crippen LogP contribution in [0.5, 0.6) is 5.75 Å². The molecule has 0 aliphatic carbocycles. The summed E-state index contributed by atoms with van der Waals surface area (Å²) in [4.78, 5) is 18.9. The van der Waals surface area contributed by atoms with Crippen LogP contribution in [0.3, 0.4) is 0 Å². The Labute approximate surface area is 124 Å². The maximum Gasteiger partial charge on any atom is 0.259 e. The minimum atomic E-state index is -0.840. The minimum Gasteiger partial charge on any atom is -0.490 e. The summed E-state index contributed by atoms with van der Waals surface area (Å²) in [5.41, 5.74) is 0.128. The van der Waals surface area contributed by atoms with E-state index in [4.69, 9.17) is 4.74 Å². The van der Waals surface area contributed by atoms with E-state index < -0.39 is 11.6 Å². The van der Waals surface area contributed by atoms with E-state index in [0.717, 1.165) is 12.1 Å². The average Bonchev–Trinajstić information content (AvgIpc) is 2.50. The lowest BCUT2D eigenvalue weighted by Gasteiger charge is -2.11. The van der Waals surface area contributed by atoms with Gasteiger partial charge in [0.25, 0.3) is 5.56 Å². The SMILES string of the molecule is CCOc1c(F)cc(F)cc1-c1nc2ccccc2c(=O)[nH]1. The molecular weight excluding hydrogens is 290 g/mol. The van der Waals surface area contributed by atoms with Gasteiger partial charge in [-0.3, -0.25) is 4.79 Å². The van der Waals surface area contributed by atoms with Gasteiger partial charge in [0.05, 0.1) is 23.1 Å². The number of nitrogens with one attached hydrogen (secondary N) is 1. The first-order valence-electron chi connectivity index (χ1n) is 6.71. The quantitative estimate of drug-likeness (QED) is 0.808. The highest BCUT2D eigenvalue weighted by Crippen LogP contribution is 2.31. The maximum atomic E-state index is 13.9. The Bertz CT molecular complexity index is 906. The zero-order chi connectivity index (χ0) is 15.7. The molecule has 0 spiro atoms. The van der Waals surface area contributed by atoms with Crippen molar-refractivity contribution in [1.82, 2.24) is 9.97 Å². The maximum absolute atomic E-state index is 13.9. The number of H-pyrrole nitrogens is 1. The first-order chi connectivity index (χ1) is 10.6. The van der Waals surface area contributed by atoms with E-state index in [1.54, 1.807) is 31.2 Å². The third kappa shape index (κ3) is 2.43. The van der Waals surface area contributed by atoms with Gasteiger partial charge in [0.2, 0.25) is 0 Å². The average molecular weight is 302 g/mol. The van der Waals surface area contributed by atoms with E-state index in [1.165, 1.54) is 0 Å². The van der Waals surface area contributed by atoms with Crippen molar-refractivity contribution in [3.8, 4) is 17.1 Å². The molecule has 112 valence electrons. The molecule has 0 radical (unpaired) electrons. The predicted molar refractivity (Wildman–Crippen MR) is 78.9 cm³/mol. The van der Waals surface area contributed by atoms with Crippen LogP contribution >= 0.6 is 0 Å². The zero-order valence-corrected chi connectivity index (χ0v) is 11.7. The van der Waals surface area contributed by atoms with E-state index in [-0.39, 0.29) is 29.3 Å². The van der Waals surface area contributed by atoms with Crippen molar-refractivity contribution in [2.24, 2.45) is 0 Å². The molecule has 0 aliphatic rings. The van der Waals surface area contributed by atoms with E-state index in [1.807, 2.05) is 0 Å². The highest BCUT2D eigenvalue weighted by Gasteiger charge is 2.17. The number of aromatic nitrogens is 2. The van der Waals surface area contributed by atoms with Gasteiger partial charge in [0, 0.05) is 6.07 Å². The van der Waals surface area contributed by atoms with Crippen molar-refractivity contribution in [1.29, 1.82) is 0 Å². The molecule has 1 heterocycles. The Kier molecular flexibility index (Phi) is 3.58. The molecule has 3 aromatic rings. The van der Waals surface area contributed by atoms with Gasteiger partial charge >= 0.3 is 0 Å². The van der Waals surface area contributed by atoms with Crippen LogP contribution in [-0.4, -0.2) is 16.6 Å². The Hall–Kier alpha value is -2.76. The Morgan fingerprint density at radius 2 is 2.00 bits per heavy atom. The van der Waals surface area contributed by atoms with Gasteiger partial charge in [-0.2, -0.15) is 0 Å². The van der Waals surface area contributed by atoms with Crippen molar-refractivity contribution in [2.45, 2.75) is 6.92 Å². The molecule has 0 aliphatic heterocycles. The van der Waals surface area contributed by atoms with E-state index in [0.29, 0.717) is 10.9 Å². The summed E-state index contributed by atoms with van der Waals surface area (Å²) in [7, 11) is 0. The van der Waals surface area contributed by atoms with Crippen molar-refractivity contribution in [2.75, 3.05) is 6.61 Å². The van der Waals surface area contributed by atoms with Crippen LogP contribution in [0.2, 0.25) is 0 Å². The second-order valence-electron chi connectivity index (χ2n) is 4.63. The topological polar surface area (TPSA) is 55.0 Å². The lowest BCUT2D eigenvalue weighted by molar-refractivity contribution is 0.321. The van der Waals surface area contributed by atoms with Gasteiger partial charge in [-0.05, 0) is 25.1 Å². The molecule has 0 saturated heterocycles. The molecule has 0 bridgehead atoms.